The highest BCUT2D eigenvalue weighted by atomic mass is 19.1. The van der Waals surface area contributed by atoms with E-state index < -0.39 is 6.10 Å². The number of anilines is 1. The van der Waals surface area contributed by atoms with Gasteiger partial charge in [0.1, 0.15) is 5.82 Å². The summed E-state index contributed by atoms with van der Waals surface area (Å²) in [6.07, 6.45) is 2.76. The maximum absolute atomic E-state index is 14.1. The molecular formula is C15H22FNO. The lowest BCUT2D eigenvalue weighted by molar-refractivity contribution is 0.199. The number of hydrogen-bond acceptors (Lipinski definition) is 2. The Labute approximate surface area is 108 Å². The molecule has 1 aromatic rings. The summed E-state index contributed by atoms with van der Waals surface area (Å²) in [5.74, 6) is 0.486. The van der Waals surface area contributed by atoms with Crippen LogP contribution in [0.15, 0.2) is 18.2 Å². The Morgan fingerprint density at radius 1 is 1.33 bits per heavy atom. The summed E-state index contributed by atoms with van der Waals surface area (Å²) in [4.78, 5) is 2.10. The number of benzene rings is 1. The molecule has 1 N–H and O–H groups in total. The molecule has 0 spiro atoms. The molecule has 2 atom stereocenters. The van der Waals surface area contributed by atoms with Gasteiger partial charge in [-0.15, -0.1) is 0 Å². The number of para-hydroxylation sites is 1. The van der Waals surface area contributed by atoms with Gasteiger partial charge in [-0.25, -0.2) is 4.39 Å². The molecular weight excluding hydrogens is 229 g/mol. The summed E-state index contributed by atoms with van der Waals surface area (Å²) >= 11 is 0. The highest BCUT2D eigenvalue weighted by molar-refractivity contribution is 5.55. The topological polar surface area (TPSA) is 23.5 Å². The Bertz CT molecular complexity index is 405. The Morgan fingerprint density at radius 2 is 2.11 bits per heavy atom. The number of nitrogens with zero attached hydrogens (tertiary/aromatic N) is 1. The summed E-state index contributed by atoms with van der Waals surface area (Å²) in [6, 6.07) is 4.97. The highest BCUT2D eigenvalue weighted by Crippen LogP contribution is 2.31. The predicted molar refractivity (Wildman–Crippen MR) is 72.3 cm³/mol. The minimum absolute atomic E-state index is 0.219. The lowest BCUT2D eigenvalue weighted by Crippen LogP contribution is -2.26. The number of hydrogen-bond donors (Lipinski definition) is 1. The minimum atomic E-state index is -0.628. The van der Waals surface area contributed by atoms with E-state index in [1.165, 1.54) is 12.5 Å². The van der Waals surface area contributed by atoms with Gasteiger partial charge in [-0.05, 0) is 38.2 Å². The first kappa shape index (κ1) is 13.3. The number of halogens is 1. The van der Waals surface area contributed by atoms with E-state index in [1.54, 1.807) is 13.0 Å². The fourth-order valence-corrected chi connectivity index (χ4v) is 2.69. The number of rotatable bonds is 2. The molecule has 100 valence electrons. The van der Waals surface area contributed by atoms with Crippen molar-refractivity contribution in [3.8, 4) is 0 Å². The maximum atomic E-state index is 14.1. The van der Waals surface area contributed by atoms with Gasteiger partial charge in [0.15, 0.2) is 0 Å². The Morgan fingerprint density at radius 3 is 2.83 bits per heavy atom. The Balaban J connectivity index is 2.31. The van der Waals surface area contributed by atoms with E-state index in [4.69, 9.17) is 0 Å². The molecule has 0 saturated carbocycles. The number of aliphatic hydroxyl groups excluding tert-OH is 1. The second-order valence-electron chi connectivity index (χ2n) is 5.38. The van der Waals surface area contributed by atoms with E-state index in [0.717, 1.165) is 25.9 Å². The van der Waals surface area contributed by atoms with Crippen LogP contribution in [0.5, 0.6) is 0 Å². The molecule has 1 heterocycles. The van der Waals surface area contributed by atoms with Crippen LogP contribution in [-0.4, -0.2) is 18.2 Å². The van der Waals surface area contributed by atoms with Crippen LogP contribution in [0.1, 0.15) is 44.8 Å². The molecule has 0 amide bonds. The summed E-state index contributed by atoms with van der Waals surface area (Å²) in [7, 11) is 0. The van der Waals surface area contributed by atoms with Gasteiger partial charge in [-0.2, -0.15) is 0 Å². The third-order valence-corrected chi connectivity index (χ3v) is 3.80. The van der Waals surface area contributed by atoms with Gasteiger partial charge in [0, 0.05) is 18.7 Å². The quantitative estimate of drug-likeness (QED) is 0.869. The average molecular weight is 251 g/mol. The molecule has 2 rings (SSSR count). The zero-order chi connectivity index (χ0) is 13.1. The first-order valence-corrected chi connectivity index (χ1v) is 6.81. The molecule has 1 unspecified atom stereocenters. The summed E-state index contributed by atoms with van der Waals surface area (Å²) in [6.45, 7) is 5.70. The molecule has 0 aromatic heterocycles. The molecule has 2 nitrogen and oxygen atoms in total. The maximum Gasteiger partial charge on any atom is 0.146 e. The van der Waals surface area contributed by atoms with Crippen molar-refractivity contribution < 1.29 is 9.50 Å². The average Bonchev–Trinajstić information content (AvgIpc) is 2.53. The van der Waals surface area contributed by atoms with E-state index in [0.29, 0.717) is 17.2 Å². The van der Waals surface area contributed by atoms with Gasteiger partial charge >= 0.3 is 0 Å². The molecule has 1 aromatic carbocycles. The van der Waals surface area contributed by atoms with Crippen molar-refractivity contribution in [3.63, 3.8) is 0 Å². The molecule has 1 aliphatic rings. The Hall–Kier alpha value is -1.09. The van der Waals surface area contributed by atoms with Crippen LogP contribution < -0.4 is 4.90 Å². The molecule has 18 heavy (non-hydrogen) atoms. The van der Waals surface area contributed by atoms with E-state index in [1.807, 2.05) is 6.07 Å². The van der Waals surface area contributed by atoms with Crippen LogP contribution in [0.3, 0.4) is 0 Å². The molecule has 3 heteroatoms. The molecule has 1 aliphatic heterocycles. The highest BCUT2D eigenvalue weighted by Gasteiger charge is 2.21. The van der Waals surface area contributed by atoms with Crippen molar-refractivity contribution in [1.82, 2.24) is 0 Å². The summed E-state index contributed by atoms with van der Waals surface area (Å²) in [5, 5.41) is 9.79. The molecule has 1 fully saturated rings. The van der Waals surface area contributed by atoms with Gasteiger partial charge in [0.05, 0.1) is 11.8 Å². The second-order valence-corrected chi connectivity index (χ2v) is 5.38. The van der Waals surface area contributed by atoms with Gasteiger partial charge in [0.25, 0.3) is 0 Å². The van der Waals surface area contributed by atoms with Crippen LogP contribution in [0.4, 0.5) is 10.1 Å². The van der Waals surface area contributed by atoms with Gasteiger partial charge in [-0.1, -0.05) is 19.1 Å². The van der Waals surface area contributed by atoms with Crippen molar-refractivity contribution in [2.45, 2.75) is 39.2 Å². The first-order valence-electron chi connectivity index (χ1n) is 6.81. The van der Waals surface area contributed by atoms with Crippen molar-refractivity contribution in [2.24, 2.45) is 5.92 Å². The summed E-state index contributed by atoms with van der Waals surface area (Å²) in [5.41, 5.74) is 1.30. The molecule has 0 aliphatic carbocycles. The van der Waals surface area contributed by atoms with Crippen LogP contribution in [0.2, 0.25) is 0 Å². The molecule has 1 saturated heterocycles. The normalized spacial score (nSPS) is 22.7. The third kappa shape index (κ3) is 2.83. The van der Waals surface area contributed by atoms with Crippen molar-refractivity contribution in [3.05, 3.63) is 29.6 Å². The first-order chi connectivity index (χ1) is 8.59. The lowest BCUT2D eigenvalue weighted by atomic mass is 10.0. The van der Waals surface area contributed by atoms with E-state index in [-0.39, 0.29) is 5.82 Å². The van der Waals surface area contributed by atoms with Crippen LogP contribution in [-0.2, 0) is 0 Å². The van der Waals surface area contributed by atoms with Gasteiger partial charge < -0.3 is 10.0 Å². The van der Waals surface area contributed by atoms with Crippen molar-refractivity contribution in [1.29, 1.82) is 0 Å². The van der Waals surface area contributed by atoms with Crippen molar-refractivity contribution in [2.75, 3.05) is 18.0 Å². The standard InChI is InChI=1S/C15H22FNO/c1-11-5-4-9-17(10-8-11)15-13(12(2)18)6-3-7-14(15)16/h3,6-7,11-12,18H,4-5,8-10H2,1-2H3/t11?,12-/m0/s1. The molecule has 0 radical (unpaired) electrons. The van der Waals surface area contributed by atoms with Crippen LogP contribution in [0, 0.1) is 11.7 Å². The second kappa shape index (κ2) is 5.70. The zero-order valence-electron chi connectivity index (χ0n) is 11.2. The van der Waals surface area contributed by atoms with Crippen LogP contribution >= 0.6 is 0 Å². The summed E-state index contributed by atoms with van der Waals surface area (Å²) < 4.78 is 14.1. The fourth-order valence-electron chi connectivity index (χ4n) is 2.69. The van der Waals surface area contributed by atoms with Gasteiger partial charge in [-0.3, -0.25) is 0 Å². The zero-order valence-corrected chi connectivity index (χ0v) is 11.2. The predicted octanol–water partition coefficient (Wildman–Crippen LogP) is 3.51. The Kier molecular flexibility index (Phi) is 4.23. The lowest BCUT2D eigenvalue weighted by Gasteiger charge is -2.27. The van der Waals surface area contributed by atoms with E-state index in [9.17, 15) is 9.50 Å². The smallest absolute Gasteiger partial charge is 0.146 e. The van der Waals surface area contributed by atoms with Gasteiger partial charge in [0.2, 0.25) is 0 Å². The van der Waals surface area contributed by atoms with Crippen LogP contribution in [0.25, 0.3) is 0 Å². The largest absolute Gasteiger partial charge is 0.389 e. The fraction of sp³-hybridized carbons (Fsp3) is 0.600. The van der Waals surface area contributed by atoms with E-state index in [2.05, 4.69) is 11.8 Å². The van der Waals surface area contributed by atoms with Crippen molar-refractivity contribution >= 4 is 5.69 Å². The SMILES string of the molecule is CC1CCCN(c2c(F)cccc2[C@H](C)O)CC1. The van der Waals surface area contributed by atoms with E-state index >= 15 is 0 Å². The number of aliphatic hydroxyl groups is 1. The third-order valence-electron chi connectivity index (χ3n) is 3.80. The monoisotopic (exact) mass is 251 g/mol. The minimum Gasteiger partial charge on any atom is -0.389 e. The molecule has 0 bridgehead atoms.